The van der Waals surface area contributed by atoms with Crippen LogP contribution in [0.15, 0.2) is 0 Å². The molecule has 0 aromatic carbocycles. The summed E-state index contributed by atoms with van der Waals surface area (Å²) < 4.78 is 5.25. The molecular formula is C10H17NO3. The number of fused-ring (bicyclic) bond motifs is 2. The average Bonchev–Trinajstić information content (AvgIpc) is 2.27. The topological polar surface area (TPSA) is 49.8 Å². The highest BCUT2D eigenvalue weighted by Crippen LogP contribution is 2.36. The Morgan fingerprint density at radius 2 is 2.14 bits per heavy atom. The molecule has 14 heavy (non-hydrogen) atoms. The van der Waals surface area contributed by atoms with Gasteiger partial charge >= 0.3 is 5.97 Å². The minimum atomic E-state index is -0.253. The molecule has 2 heterocycles. The van der Waals surface area contributed by atoms with Gasteiger partial charge in [0.05, 0.1) is 6.10 Å². The first kappa shape index (κ1) is 9.93. The lowest BCUT2D eigenvalue weighted by molar-refractivity contribution is -0.147. The van der Waals surface area contributed by atoms with Gasteiger partial charge in [-0.3, -0.25) is 9.69 Å². The monoisotopic (exact) mass is 199 g/mol. The van der Waals surface area contributed by atoms with Gasteiger partial charge in [0.2, 0.25) is 0 Å². The van der Waals surface area contributed by atoms with Gasteiger partial charge in [-0.25, -0.2) is 0 Å². The number of aliphatic hydroxyl groups is 1. The van der Waals surface area contributed by atoms with Crippen molar-refractivity contribution in [2.45, 2.75) is 50.5 Å². The minimum absolute atomic E-state index is 0.0142. The predicted octanol–water partition coefficient (Wildman–Crippen LogP) is 0.145. The van der Waals surface area contributed by atoms with Crippen LogP contribution in [-0.4, -0.2) is 47.3 Å². The van der Waals surface area contributed by atoms with Crippen molar-refractivity contribution in [3.63, 3.8) is 0 Å². The van der Waals surface area contributed by atoms with Gasteiger partial charge in [0.25, 0.3) is 0 Å². The highest BCUT2D eigenvalue weighted by molar-refractivity contribution is 5.66. The number of esters is 1. The zero-order chi connectivity index (χ0) is 10.3. The molecule has 2 aliphatic rings. The van der Waals surface area contributed by atoms with Crippen LogP contribution in [0.5, 0.6) is 0 Å². The molecule has 4 nitrogen and oxygen atoms in total. The van der Waals surface area contributed by atoms with E-state index in [1.165, 1.54) is 6.92 Å². The van der Waals surface area contributed by atoms with E-state index in [4.69, 9.17) is 4.74 Å². The molecule has 0 aromatic heterocycles. The zero-order valence-corrected chi connectivity index (χ0v) is 8.64. The Labute approximate surface area is 83.8 Å². The lowest BCUT2D eigenvalue weighted by Crippen LogP contribution is -2.46. The van der Waals surface area contributed by atoms with Crippen molar-refractivity contribution in [1.29, 1.82) is 0 Å². The summed E-state index contributed by atoms with van der Waals surface area (Å²) in [5.41, 5.74) is 0. The van der Waals surface area contributed by atoms with Crippen molar-refractivity contribution in [3.05, 3.63) is 0 Å². The van der Waals surface area contributed by atoms with Crippen molar-refractivity contribution in [2.24, 2.45) is 0 Å². The van der Waals surface area contributed by atoms with Crippen LogP contribution in [0.3, 0.4) is 0 Å². The van der Waals surface area contributed by atoms with Gasteiger partial charge in [-0.1, -0.05) is 0 Å². The summed E-state index contributed by atoms with van der Waals surface area (Å²) >= 11 is 0. The van der Waals surface area contributed by atoms with Gasteiger partial charge in [-0.05, 0) is 19.9 Å². The Bertz CT molecular complexity index is 244. The highest BCUT2D eigenvalue weighted by Gasteiger charge is 2.47. The maximum Gasteiger partial charge on any atom is 0.302 e. The molecule has 2 rings (SSSR count). The summed E-state index contributed by atoms with van der Waals surface area (Å²) in [5.74, 6) is -0.217. The summed E-state index contributed by atoms with van der Waals surface area (Å²) in [6.07, 6.45) is 2.27. The van der Waals surface area contributed by atoms with Gasteiger partial charge in [0.15, 0.2) is 0 Å². The van der Waals surface area contributed by atoms with E-state index in [-0.39, 0.29) is 24.2 Å². The molecule has 0 radical (unpaired) electrons. The van der Waals surface area contributed by atoms with E-state index in [0.29, 0.717) is 6.04 Å². The number of likely N-dealkylation sites (N-methyl/N-ethyl adjacent to an activating group) is 1. The van der Waals surface area contributed by atoms with Crippen molar-refractivity contribution >= 4 is 5.97 Å². The van der Waals surface area contributed by atoms with E-state index in [0.717, 1.165) is 19.3 Å². The number of nitrogens with zero attached hydrogens (tertiary/aromatic N) is 1. The highest BCUT2D eigenvalue weighted by atomic mass is 16.5. The molecule has 1 N–H and O–H groups in total. The molecule has 2 fully saturated rings. The van der Waals surface area contributed by atoms with E-state index in [1.807, 2.05) is 7.05 Å². The average molecular weight is 199 g/mol. The van der Waals surface area contributed by atoms with Crippen molar-refractivity contribution < 1.29 is 14.6 Å². The lowest BCUT2D eigenvalue weighted by Gasteiger charge is -2.34. The largest absolute Gasteiger partial charge is 0.461 e. The molecule has 4 heteroatoms. The molecule has 2 aliphatic heterocycles. The van der Waals surface area contributed by atoms with Gasteiger partial charge in [-0.15, -0.1) is 0 Å². The van der Waals surface area contributed by atoms with E-state index in [2.05, 4.69) is 4.90 Å². The Morgan fingerprint density at radius 1 is 1.43 bits per heavy atom. The summed E-state index contributed by atoms with van der Waals surface area (Å²) in [5, 5.41) is 9.74. The Hall–Kier alpha value is -0.610. The third-order valence-corrected chi connectivity index (χ3v) is 3.47. The Balaban J connectivity index is 2.07. The number of piperidine rings is 1. The second kappa shape index (κ2) is 3.51. The first-order valence-corrected chi connectivity index (χ1v) is 5.17. The first-order valence-electron chi connectivity index (χ1n) is 5.17. The van der Waals surface area contributed by atoms with Crippen molar-refractivity contribution in [3.8, 4) is 0 Å². The molecule has 2 bridgehead atoms. The maximum absolute atomic E-state index is 10.9. The third kappa shape index (κ3) is 1.53. The molecule has 0 saturated carbocycles. The Morgan fingerprint density at radius 3 is 2.71 bits per heavy atom. The number of carbonyl (C=O) groups is 1. The summed E-state index contributed by atoms with van der Waals surface area (Å²) in [7, 11) is 2.00. The van der Waals surface area contributed by atoms with Crippen LogP contribution < -0.4 is 0 Å². The van der Waals surface area contributed by atoms with Crippen LogP contribution in [0.2, 0.25) is 0 Å². The quantitative estimate of drug-likeness (QED) is 0.610. The normalized spacial score (nSPS) is 42.5. The molecule has 0 aromatic rings. The third-order valence-electron chi connectivity index (χ3n) is 3.47. The predicted molar refractivity (Wildman–Crippen MR) is 50.8 cm³/mol. The number of ether oxygens (including phenoxy) is 1. The van der Waals surface area contributed by atoms with Gasteiger partial charge in [-0.2, -0.15) is 0 Å². The molecule has 80 valence electrons. The molecule has 4 atom stereocenters. The minimum Gasteiger partial charge on any atom is -0.461 e. The fraction of sp³-hybridized carbons (Fsp3) is 0.900. The van der Waals surface area contributed by atoms with Crippen LogP contribution in [-0.2, 0) is 9.53 Å². The van der Waals surface area contributed by atoms with Crippen LogP contribution in [0.4, 0.5) is 0 Å². The second-order valence-corrected chi connectivity index (χ2v) is 4.33. The fourth-order valence-corrected chi connectivity index (χ4v) is 2.76. The van der Waals surface area contributed by atoms with Crippen LogP contribution in [0.1, 0.15) is 26.2 Å². The van der Waals surface area contributed by atoms with E-state index >= 15 is 0 Å². The van der Waals surface area contributed by atoms with Gasteiger partial charge in [0, 0.05) is 25.4 Å². The van der Waals surface area contributed by atoms with Crippen LogP contribution >= 0.6 is 0 Å². The second-order valence-electron chi connectivity index (χ2n) is 4.33. The first-order chi connectivity index (χ1) is 6.59. The van der Waals surface area contributed by atoms with E-state index in [9.17, 15) is 9.90 Å². The summed E-state index contributed by atoms with van der Waals surface area (Å²) in [6.45, 7) is 1.44. The molecule has 0 aliphatic carbocycles. The molecular weight excluding hydrogens is 182 g/mol. The zero-order valence-electron chi connectivity index (χ0n) is 8.64. The number of hydrogen-bond acceptors (Lipinski definition) is 4. The number of hydrogen-bond donors (Lipinski definition) is 1. The number of carbonyl (C=O) groups excluding carboxylic acids is 1. The van der Waals surface area contributed by atoms with Gasteiger partial charge < -0.3 is 9.84 Å². The molecule has 0 spiro atoms. The fourth-order valence-electron chi connectivity index (χ4n) is 2.76. The molecule has 0 amide bonds. The van der Waals surface area contributed by atoms with Gasteiger partial charge in [0.1, 0.15) is 6.10 Å². The summed E-state index contributed by atoms with van der Waals surface area (Å²) in [6, 6.07) is 0.491. The molecule has 4 unspecified atom stereocenters. The van der Waals surface area contributed by atoms with Crippen LogP contribution in [0, 0.1) is 0 Å². The van der Waals surface area contributed by atoms with Crippen molar-refractivity contribution in [1.82, 2.24) is 4.90 Å². The molecule has 2 saturated heterocycles. The maximum atomic E-state index is 10.9. The van der Waals surface area contributed by atoms with Crippen LogP contribution in [0.25, 0.3) is 0 Å². The van der Waals surface area contributed by atoms with E-state index in [1.54, 1.807) is 0 Å². The number of rotatable bonds is 1. The lowest BCUT2D eigenvalue weighted by atomic mass is 10.0. The SMILES string of the molecule is CC(=O)OC1CC2C(O)CCC1N2C. The Kier molecular flexibility index (Phi) is 2.49. The van der Waals surface area contributed by atoms with Crippen molar-refractivity contribution in [2.75, 3.05) is 7.05 Å². The van der Waals surface area contributed by atoms with E-state index < -0.39 is 0 Å². The smallest absolute Gasteiger partial charge is 0.302 e. The number of aliphatic hydroxyl groups excluding tert-OH is 1. The summed E-state index contributed by atoms with van der Waals surface area (Å²) in [4.78, 5) is 13.0. The standard InChI is InChI=1S/C10H17NO3/c1-6(12)14-10-5-8-9(13)4-3-7(10)11(8)2/h7-10,13H,3-5H2,1-2H3.